The topological polar surface area (TPSA) is 101 Å². The van der Waals surface area contributed by atoms with Gasteiger partial charge in [-0.1, -0.05) is 13.0 Å². The van der Waals surface area contributed by atoms with E-state index in [0.29, 0.717) is 24.3 Å². The molecule has 0 spiro atoms. The van der Waals surface area contributed by atoms with Crippen molar-refractivity contribution in [1.29, 1.82) is 0 Å². The van der Waals surface area contributed by atoms with Gasteiger partial charge < -0.3 is 5.32 Å². The fourth-order valence-electron chi connectivity index (χ4n) is 2.42. The number of amides is 2. The molecule has 128 valence electrons. The van der Waals surface area contributed by atoms with Gasteiger partial charge in [-0.05, 0) is 30.7 Å². The summed E-state index contributed by atoms with van der Waals surface area (Å²) in [6.45, 7) is 4.09. The molecule has 0 aliphatic carbocycles. The van der Waals surface area contributed by atoms with Crippen LogP contribution in [0.3, 0.4) is 0 Å². The molecular formula is C17H18N6O2. The normalized spacial score (nSPS) is 10.6. The number of Topliss-reactive ketones (excluding diaryl/α,β-unsaturated/α-hetero) is 1. The minimum absolute atomic E-state index is 0.0646. The van der Waals surface area contributed by atoms with Crippen LogP contribution in [0.25, 0.3) is 16.8 Å². The number of rotatable bonds is 5. The molecule has 0 atom stereocenters. The van der Waals surface area contributed by atoms with Crippen LogP contribution in [0.1, 0.15) is 30.8 Å². The molecule has 0 saturated heterocycles. The number of carbonyl (C=O) groups excluding carboxylic acids is 2. The Kier molecular flexibility index (Phi) is 4.69. The number of hydrogen-bond donors (Lipinski definition) is 2. The first-order valence-corrected chi connectivity index (χ1v) is 8.01. The number of anilines is 1. The van der Waals surface area contributed by atoms with Crippen LogP contribution < -0.4 is 10.6 Å². The number of carbonyl (C=O) groups is 2. The summed E-state index contributed by atoms with van der Waals surface area (Å²) < 4.78 is 1.45. The minimum Gasteiger partial charge on any atom is -0.338 e. The zero-order chi connectivity index (χ0) is 17.8. The molecule has 3 aromatic heterocycles. The first-order valence-electron chi connectivity index (χ1n) is 8.01. The minimum atomic E-state index is -0.394. The molecule has 0 bridgehead atoms. The van der Waals surface area contributed by atoms with E-state index in [0.717, 1.165) is 11.1 Å². The maximum Gasteiger partial charge on any atom is 0.321 e. The van der Waals surface area contributed by atoms with Crippen molar-refractivity contribution in [2.24, 2.45) is 0 Å². The standard InChI is InChI=1S/C17H18N6O2/c1-3-14(24)13-8-12(11-6-5-7-18-10-11)9-15-20-16(22-23(13)15)21-17(25)19-4-2/h5-10H,3-4H2,1-2H3,(H2,19,21,22,25). The number of ketones is 1. The number of nitrogens with zero attached hydrogens (tertiary/aromatic N) is 4. The van der Waals surface area contributed by atoms with Gasteiger partial charge in [-0.25, -0.2) is 9.31 Å². The van der Waals surface area contributed by atoms with Crippen molar-refractivity contribution in [1.82, 2.24) is 24.9 Å². The number of pyridine rings is 2. The van der Waals surface area contributed by atoms with Gasteiger partial charge in [-0.15, -0.1) is 5.10 Å². The highest BCUT2D eigenvalue weighted by molar-refractivity contribution is 5.96. The lowest BCUT2D eigenvalue weighted by molar-refractivity contribution is 0.0981. The van der Waals surface area contributed by atoms with Gasteiger partial charge in [-0.3, -0.25) is 15.1 Å². The Bertz CT molecular complexity index is 920. The van der Waals surface area contributed by atoms with Crippen molar-refractivity contribution >= 4 is 23.4 Å². The first-order chi connectivity index (χ1) is 12.1. The number of aromatic nitrogens is 4. The number of hydrogen-bond acceptors (Lipinski definition) is 5. The highest BCUT2D eigenvalue weighted by Gasteiger charge is 2.16. The van der Waals surface area contributed by atoms with Gasteiger partial charge in [-0.2, -0.15) is 4.98 Å². The Hall–Kier alpha value is -3.29. The second-order valence-electron chi connectivity index (χ2n) is 5.34. The molecule has 0 aromatic carbocycles. The third-order valence-corrected chi connectivity index (χ3v) is 3.60. The summed E-state index contributed by atoms with van der Waals surface area (Å²) in [7, 11) is 0. The van der Waals surface area contributed by atoms with Crippen molar-refractivity contribution in [2.45, 2.75) is 20.3 Å². The quantitative estimate of drug-likeness (QED) is 0.696. The molecule has 3 aromatic rings. The lowest BCUT2D eigenvalue weighted by Gasteiger charge is -2.06. The van der Waals surface area contributed by atoms with Gasteiger partial charge in [0.25, 0.3) is 5.95 Å². The summed E-state index contributed by atoms with van der Waals surface area (Å²) in [5.41, 5.74) is 2.58. The summed E-state index contributed by atoms with van der Waals surface area (Å²) >= 11 is 0. The summed E-state index contributed by atoms with van der Waals surface area (Å²) in [5.74, 6) is 0.0737. The van der Waals surface area contributed by atoms with E-state index in [1.165, 1.54) is 4.52 Å². The zero-order valence-corrected chi connectivity index (χ0v) is 14.0. The van der Waals surface area contributed by atoms with Gasteiger partial charge in [0, 0.05) is 30.9 Å². The Labute approximate surface area is 144 Å². The van der Waals surface area contributed by atoms with Crippen LogP contribution in [-0.2, 0) is 0 Å². The number of urea groups is 1. The van der Waals surface area contributed by atoms with E-state index in [1.54, 1.807) is 31.5 Å². The molecule has 25 heavy (non-hydrogen) atoms. The van der Waals surface area contributed by atoms with Crippen LogP contribution in [0.5, 0.6) is 0 Å². The van der Waals surface area contributed by atoms with E-state index >= 15 is 0 Å². The predicted octanol–water partition coefficient (Wildman–Crippen LogP) is 2.53. The van der Waals surface area contributed by atoms with Crippen molar-refractivity contribution in [3.05, 3.63) is 42.4 Å². The first kappa shape index (κ1) is 16.6. The average molecular weight is 338 g/mol. The molecule has 0 aliphatic rings. The van der Waals surface area contributed by atoms with Crippen LogP contribution in [-0.4, -0.2) is 37.9 Å². The molecule has 3 heterocycles. The van der Waals surface area contributed by atoms with Crippen LogP contribution >= 0.6 is 0 Å². The molecule has 0 aliphatic heterocycles. The zero-order valence-electron chi connectivity index (χ0n) is 14.0. The predicted molar refractivity (Wildman–Crippen MR) is 93.5 cm³/mol. The van der Waals surface area contributed by atoms with Gasteiger partial charge in [0.1, 0.15) is 5.69 Å². The molecule has 8 nitrogen and oxygen atoms in total. The lowest BCUT2D eigenvalue weighted by Crippen LogP contribution is -2.28. The van der Waals surface area contributed by atoms with Gasteiger partial charge >= 0.3 is 6.03 Å². The molecule has 2 N–H and O–H groups in total. The van der Waals surface area contributed by atoms with E-state index in [-0.39, 0.29) is 11.7 Å². The fraction of sp³-hybridized carbons (Fsp3) is 0.235. The lowest BCUT2D eigenvalue weighted by atomic mass is 10.1. The number of fused-ring (bicyclic) bond motifs is 1. The van der Waals surface area contributed by atoms with Crippen molar-refractivity contribution in [2.75, 3.05) is 11.9 Å². The summed E-state index contributed by atoms with van der Waals surface area (Å²) in [6, 6.07) is 6.91. The maximum absolute atomic E-state index is 12.3. The van der Waals surface area contributed by atoms with Gasteiger partial charge in [0.05, 0.1) is 0 Å². The Balaban J connectivity index is 2.10. The van der Waals surface area contributed by atoms with E-state index in [1.807, 2.05) is 19.1 Å². The largest absolute Gasteiger partial charge is 0.338 e. The number of nitrogens with one attached hydrogen (secondary N) is 2. The third kappa shape index (κ3) is 3.47. The van der Waals surface area contributed by atoms with Crippen LogP contribution in [0.15, 0.2) is 36.7 Å². The van der Waals surface area contributed by atoms with Crippen molar-refractivity contribution in [3.63, 3.8) is 0 Å². The highest BCUT2D eigenvalue weighted by Crippen LogP contribution is 2.23. The molecule has 3 rings (SSSR count). The fourth-order valence-corrected chi connectivity index (χ4v) is 2.42. The summed E-state index contributed by atoms with van der Waals surface area (Å²) in [6.07, 6.45) is 3.74. The molecule has 2 amide bonds. The third-order valence-electron chi connectivity index (χ3n) is 3.60. The van der Waals surface area contributed by atoms with E-state index in [4.69, 9.17) is 0 Å². The Morgan fingerprint density at radius 3 is 2.72 bits per heavy atom. The summed E-state index contributed by atoms with van der Waals surface area (Å²) in [4.78, 5) is 32.4. The van der Waals surface area contributed by atoms with E-state index in [2.05, 4.69) is 25.7 Å². The molecule has 8 heteroatoms. The molecule has 0 unspecified atom stereocenters. The maximum atomic E-state index is 12.3. The van der Waals surface area contributed by atoms with Gasteiger partial charge in [0.15, 0.2) is 11.4 Å². The second-order valence-corrected chi connectivity index (χ2v) is 5.34. The van der Waals surface area contributed by atoms with Crippen LogP contribution in [0.4, 0.5) is 10.7 Å². The van der Waals surface area contributed by atoms with Crippen LogP contribution in [0, 0.1) is 0 Å². The van der Waals surface area contributed by atoms with E-state index < -0.39 is 6.03 Å². The smallest absolute Gasteiger partial charge is 0.321 e. The SMILES string of the molecule is CCNC(=O)Nc1nc2cc(-c3cccnc3)cc(C(=O)CC)n2n1. The molecule has 0 radical (unpaired) electrons. The molecular weight excluding hydrogens is 320 g/mol. The van der Waals surface area contributed by atoms with Crippen molar-refractivity contribution < 1.29 is 9.59 Å². The Morgan fingerprint density at radius 2 is 2.04 bits per heavy atom. The second kappa shape index (κ2) is 7.08. The van der Waals surface area contributed by atoms with E-state index in [9.17, 15) is 9.59 Å². The monoisotopic (exact) mass is 338 g/mol. The Morgan fingerprint density at radius 1 is 1.20 bits per heavy atom. The summed E-state index contributed by atoms with van der Waals surface area (Å²) in [5, 5.41) is 9.40. The van der Waals surface area contributed by atoms with Crippen molar-refractivity contribution in [3.8, 4) is 11.1 Å². The average Bonchev–Trinajstić information content (AvgIpc) is 3.03. The molecule has 0 fully saturated rings. The molecule has 0 saturated carbocycles. The van der Waals surface area contributed by atoms with Crippen LogP contribution in [0.2, 0.25) is 0 Å². The van der Waals surface area contributed by atoms with Gasteiger partial charge in [0.2, 0.25) is 0 Å². The highest BCUT2D eigenvalue weighted by atomic mass is 16.2.